The van der Waals surface area contributed by atoms with E-state index < -0.39 is 11.0 Å². The summed E-state index contributed by atoms with van der Waals surface area (Å²) >= 11 is 0. The molecule has 14 heavy (non-hydrogen) atoms. The monoisotopic (exact) mass is 201 g/mol. The number of rotatable bonds is 3. The molecule has 5 nitrogen and oxygen atoms in total. The maximum atomic E-state index is 10.1. The van der Waals surface area contributed by atoms with E-state index in [0.29, 0.717) is 12.8 Å². The normalized spacial score (nSPS) is 33.4. The number of hydrogen-bond acceptors (Lipinski definition) is 4. The SMILES string of the molecule is CO[C@@H]1CC[C@H](O)[C@H](/C=C\[N+](=O)[O-])C1. The van der Waals surface area contributed by atoms with Gasteiger partial charge >= 0.3 is 0 Å². The van der Waals surface area contributed by atoms with Crippen LogP contribution in [0.3, 0.4) is 0 Å². The molecule has 0 amide bonds. The number of aliphatic hydroxyl groups excluding tert-OH is 1. The largest absolute Gasteiger partial charge is 0.393 e. The first-order valence-corrected chi connectivity index (χ1v) is 4.66. The van der Waals surface area contributed by atoms with Gasteiger partial charge in [0.2, 0.25) is 6.20 Å². The Kier molecular flexibility index (Phi) is 4.03. The summed E-state index contributed by atoms with van der Waals surface area (Å²) in [6.45, 7) is 0. The van der Waals surface area contributed by atoms with Crippen LogP contribution >= 0.6 is 0 Å². The van der Waals surface area contributed by atoms with Gasteiger partial charge in [-0.15, -0.1) is 0 Å². The second-order valence-electron chi connectivity index (χ2n) is 3.53. The number of nitro groups is 1. The van der Waals surface area contributed by atoms with Gasteiger partial charge in [-0.1, -0.05) is 0 Å². The molecule has 0 unspecified atom stereocenters. The van der Waals surface area contributed by atoms with E-state index in [4.69, 9.17) is 4.74 Å². The zero-order valence-electron chi connectivity index (χ0n) is 8.13. The van der Waals surface area contributed by atoms with Crippen LogP contribution in [0.2, 0.25) is 0 Å². The van der Waals surface area contributed by atoms with Gasteiger partial charge in [-0.3, -0.25) is 10.1 Å². The molecule has 0 aliphatic heterocycles. The second kappa shape index (κ2) is 5.07. The molecule has 1 fully saturated rings. The van der Waals surface area contributed by atoms with Crippen molar-refractivity contribution in [2.75, 3.05) is 7.11 Å². The van der Waals surface area contributed by atoms with E-state index in [-0.39, 0.29) is 12.0 Å². The average Bonchev–Trinajstić information content (AvgIpc) is 2.16. The van der Waals surface area contributed by atoms with Gasteiger partial charge in [-0.2, -0.15) is 0 Å². The van der Waals surface area contributed by atoms with Gasteiger partial charge in [0.05, 0.1) is 17.1 Å². The number of nitrogens with zero attached hydrogens (tertiary/aromatic N) is 1. The molecular formula is C9H15NO4. The third kappa shape index (κ3) is 3.08. The molecule has 1 aliphatic carbocycles. The van der Waals surface area contributed by atoms with Crippen molar-refractivity contribution in [3.8, 4) is 0 Å². The fraction of sp³-hybridized carbons (Fsp3) is 0.778. The third-order valence-corrected chi connectivity index (χ3v) is 2.60. The Hall–Kier alpha value is -0.940. The maximum absolute atomic E-state index is 10.1. The second-order valence-corrected chi connectivity index (χ2v) is 3.53. The van der Waals surface area contributed by atoms with Crippen molar-refractivity contribution < 1.29 is 14.8 Å². The van der Waals surface area contributed by atoms with Crippen molar-refractivity contribution in [1.82, 2.24) is 0 Å². The molecular weight excluding hydrogens is 186 g/mol. The fourth-order valence-corrected chi connectivity index (χ4v) is 1.75. The van der Waals surface area contributed by atoms with Crippen LogP contribution in [0, 0.1) is 16.0 Å². The van der Waals surface area contributed by atoms with Gasteiger partial charge in [0.15, 0.2) is 0 Å². The molecule has 0 aromatic carbocycles. The fourth-order valence-electron chi connectivity index (χ4n) is 1.75. The Morgan fingerprint density at radius 3 is 2.86 bits per heavy atom. The first-order chi connectivity index (χ1) is 6.63. The van der Waals surface area contributed by atoms with E-state index in [0.717, 1.165) is 12.6 Å². The lowest BCUT2D eigenvalue weighted by Gasteiger charge is -2.30. The molecule has 0 aromatic rings. The highest BCUT2D eigenvalue weighted by Crippen LogP contribution is 2.27. The molecule has 0 aromatic heterocycles. The van der Waals surface area contributed by atoms with Gasteiger partial charge in [0, 0.05) is 13.0 Å². The molecule has 0 bridgehead atoms. The average molecular weight is 201 g/mol. The Balaban J connectivity index is 2.52. The standard InChI is InChI=1S/C9H15NO4/c1-14-8-2-3-9(11)7(6-8)4-5-10(12)13/h4-5,7-9,11H,2-3,6H2,1H3/b5-4-/t7-,8-,9+/m1/s1. The molecule has 5 heteroatoms. The van der Waals surface area contributed by atoms with Crippen LogP contribution in [0.15, 0.2) is 12.3 Å². The summed E-state index contributed by atoms with van der Waals surface area (Å²) < 4.78 is 5.16. The third-order valence-electron chi connectivity index (χ3n) is 2.60. The minimum atomic E-state index is -0.511. The molecule has 0 spiro atoms. The van der Waals surface area contributed by atoms with Crippen LogP contribution in [0.25, 0.3) is 0 Å². The lowest BCUT2D eigenvalue weighted by atomic mass is 9.84. The summed E-state index contributed by atoms with van der Waals surface area (Å²) in [5.74, 6) is -0.154. The summed E-state index contributed by atoms with van der Waals surface area (Å²) in [5.41, 5.74) is 0. The highest BCUT2D eigenvalue weighted by molar-refractivity contribution is 4.92. The highest BCUT2D eigenvalue weighted by Gasteiger charge is 2.27. The van der Waals surface area contributed by atoms with E-state index in [1.807, 2.05) is 0 Å². The predicted molar refractivity (Wildman–Crippen MR) is 50.3 cm³/mol. The van der Waals surface area contributed by atoms with Crippen molar-refractivity contribution in [1.29, 1.82) is 0 Å². The molecule has 1 saturated carbocycles. The highest BCUT2D eigenvalue weighted by atomic mass is 16.6. The van der Waals surface area contributed by atoms with Gasteiger partial charge in [0.1, 0.15) is 0 Å². The molecule has 1 aliphatic rings. The van der Waals surface area contributed by atoms with E-state index in [2.05, 4.69) is 0 Å². The van der Waals surface area contributed by atoms with E-state index in [1.165, 1.54) is 6.08 Å². The molecule has 0 heterocycles. The van der Waals surface area contributed by atoms with Crippen LogP contribution < -0.4 is 0 Å². The minimum Gasteiger partial charge on any atom is -0.393 e. The van der Waals surface area contributed by atoms with Crippen molar-refractivity contribution in [2.45, 2.75) is 31.5 Å². The Bertz CT molecular complexity index is 229. The van der Waals surface area contributed by atoms with Gasteiger partial charge in [-0.25, -0.2) is 0 Å². The zero-order valence-corrected chi connectivity index (χ0v) is 8.13. The van der Waals surface area contributed by atoms with E-state index >= 15 is 0 Å². The van der Waals surface area contributed by atoms with Crippen LogP contribution in [0.1, 0.15) is 19.3 Å². The quantitative estimate of drug-likeness (QED) is 0.545. The Labute approximate surface area is 82.5 Å². The van der Waals surface area contributed by atoms with Crippen LogP contribution in [0.5, 0.6) is 0 Å². The summed E-state index contributed by atoms with van der Waals surface area (Å²) in [6, 6.07) is 0. The molecule has 0 saturated heterocycles. The summed E-state index contributed by atoms with van der Waals surface area (Å²) in [4.78, 5) is 9.59. The summed E-state index contributed by atoms with van der Waals surface area (Å²) in [5, 5.41) is 19.7. The Morgan fingerprint density at radius 2 is 2.29 bits per heavy atom. The molecule has 0 radical (unpaired) electrons. The van der Waals surface area contributed by atoms with Crippen LogP contribution in [-0.2, 0) is 4.74 Å². The smallest absolute Gasteiger partial charge is 0.230 e. The van der Waals surface area contributed by atoms with E-state index in [9.17, 15) is 15.2 Å². The predicted octanol–water partition coefficient (Wildman–Crippen LogP) is 0.953. The zero-order chi connectivity index (χ0) is 10.6. The maximum Gasteiger partial charge on any atom is 0.230 e. The molecule has 3 atom stereocenters. The first-order valence-electron chi connectivity index (χ1n) is 4.66. The first kappa shape index (κ1) is 11.1. The lowest BCUT2D eigenvalue weighted by molar-refractivity contribution is -0.403. The lowest BCUT2D eigenvalue weighted by Crippen LogP contribution is -2.31. The minimum absolute atomic E-state index is 0.111. The van der Waals surface area contributed by atoms with Crippen molar-refractivity contribution in [3.63, 3.8) is 0 Å². The summed E-state index contributed by atoms with van der Waals surface area (Å²) in [6.07, 6.45) is 4.10. The molecule has 1 N–H and O–H groups in total. The van der Waals surface area contributed by atoms with Crippen molar-refractivity contribution >= 4 is 0 Å². The van der Waals surface area contributed by atoms with Gasteiger partial charge in [0.25, 0.3) is 0 Å². The molecule has 1 rings (SSSR count). The summed E-state index contributed by atoms with van der Waals surface area (Å²) in [7, 11) is 1.62. The van der Waals surface area contributed by atoms with Gasteiger partial charge in [-0.05, 0) is 25.3 Å². The van der Waals surface area contributed by atoms with Gasteiger partial charge < -0.3 is 9.84 Å². The van der Waals surface area contributed by atoms with E-state index in [1.54, 1.807) is 7.11 Å². The molecule has 80 valence electrons. The number of aliphatic hydroxyl groups is 1. The van der Waals surface area contributed by atoms with Crippen LogP contribution in [-0.4, -0.2) is 29.3 Å². The number of ether oxygens (including phenoxy) is 1. The van der Waals surface area contributed by atoms with Crippen LogP contribution in [0.4, 0.5) is 0 Å². The number of hydrogen-bond donors (Lipinski definition) is 1. The topological polar surface area (TPSA) is 72.6 Å². The van der Waals surface area contributed by atoms with Crippen molar-refractivity contribution in [3.05, 3.63) is 22.4 Å². The Morgan fingerprint density at radius 1 is 1.57 bits per heavy atom. The van der Waals surface area contributed by atoms with Crippen molar-refractivity contribution in [2.24, 2.45) is 5.92 Å². The number of methoxy groups -OCH3 is 1.